The first-order valence-electron chi connectivity index (χ1n) is 18.1. The first kappa shape index (κ1) is 48.5. The number of halogens is 2. The minimum absolute atomic E-state index is 0. The molecule has 0 aliphatic carbocycles. The van der Waals surface area contributed by atoms with E-state index in [2.05, 4.69) is 30.8 Å². The topological polar surface area (TPSA) is 138 Å². The third kappa shape index (κ3) is 15.3. The van der Waals surface area contributed by atoms with E-state index in [1.807, 2.05) is 115 Å². The Bertz CT molecular complexity index is 2070. The largest absolute Gasteiger partial charge is 1.00 e. The van der Waals surface area contributed by atoms with Crippen molar-refractivity contribution in [1.82, 2.24) is 20.2 Å². The van der Waals surface area contributed by atoms with E-state index in [4.69, 9.17) is 26.2 Å². The van der Waals surface area contributed by atoms with Gasteiger partial charge in [-0.15, -0.1) is 11.6 Å². The van der Waals surface area contributed by atoms with E-state index >= 15 is 0 Å². The molecule has 0 radical (unpaired) electrons. The normalized spacial score (nSPS) is 14.5. The van der Waals surface area contributed by atoms with Gasteiger partial charge in [0.25, 0.3) is 0 Å². The molecule has 4 heterocycles. The molecule has 8 rings (SSSR count). The molecule has 4 N–H and O–H groups in total. The molecule has 0 spiro atoms. The van der Waals surface area contributed by atoms with Crippen LogP contribution < -0.4 is 91.3 Å². The molecule has 2 amide bonds. The van der Waals surface area contributed by atoms with Crippen molar-refractivity contribution in [2.75, 3.05) is 70.3 Å². The predicted molar refractivity (Wildman–Crippen MR) is 219 cm³/mol. The number of amides is 2. The summed E-state index contributed by atoms with van der Waals surface area (Å²) in [5, 5.41) is 19.5. The summed E-state index contributed by atoms with van der Waals surface area (Å²) >= 11 is 6.20. The fraction of sp³-hybridized carbons (Fsp3) is 0.256. The van der Waals surface area contributed by atoms with E-state index in [1.54, 1.807) is 18.6 Å². The maximum atomic E-state index is 13.1. The predicted octanol–water partition coefficient (Wildman–Crippen LogP) is 0.623. The third-order valence-corrected chi connectivity index (χ3v) is 9.21. The number of hydrogen-bond acceptors (Lipinski definition) is 9. The number of alkyl halides is 1. The van der Waals surface area contributed by atoms with Crippen LogP contribution in [0.5, 0.6) is 0 Å². The summed E-state index contributed by atoms with van der Waals surface area (Å²) in [7, 11) is 1.00. The van der Waals surface area contributed by atoms with Crippen molar-refractivity contribution in [3.05, 3.63) is 145 Å². The van der Waals surface area contributed by atoms with E-state index in [0.717, 1.165) is 90.5 Å². The van der Waals surface area contributed by atoms with Crippen LogP contribution in [-0.4, -0.2) is 91.5 Å². The zero-order valence-electron chi connectivity index (χ0n) is 32.2. The Morgan fingerprint density at radius 2 is 1.14 bits per heavy atom. The molecule has 2 saturated heterocycles. The number of carbonyl (C=O) groups is 2. The summed E-state index contributed by atoms with van der Waals surface area (Å²) in [6.45, 7) is 6.63. The van der Waals surface area contributed by atoms with Crippen molar-refractivity contribution in [3.8, 4) is 0 Å². The Morgan fingerprint density at radius 3 is 1.61 bits per heavy atom. The minimum Gasteiger partial charge on any atom is -1.00 e. The van der Waals surface area contributed by atoms with Crippen LogP contribution in [0.3, 0.4) is 0 Å². The number of aliphatic hydroxyl groups excluding tert-OH is 1. The molecule has 294 valence electrons. The van der Waals surface area contributed by atoms with Gasteiger partial charge in [0.05, 0.1) is 26.4 Å². The van der Waals surface area contributed by atoms with E-state index in [1.165, 1.54) is 0 Å². The van der Waals surface area contributed by atoms with Gasteiger partial charge in [-0.3, -0.25) is 24.5 Å². The van der Waals surface area contributed by atoms with Crippen molar-refractivity contribution >= 4 is 56.3 Å². The molecule has 0 saturated carbocycles. The second-order valence-corrected chi connectivity index (χ2v) is 12.9. The van der Waals surface area contributed by atoms with Crippen LogP contribution in [-0.2, 0) is 19.1 Å². The summed E-state index contributed by atoms with van der Waals surface area (Å²) < 4.78 is 10.5. The monoisotopic (exact) mass is 928 g/mol. The first-order chi connectivity index (χ1) is 27.0. The number of ether oxygens (including phenoxy) is 2. The number of aromatic nitrogens is 2. The van der Waals surface area contributed by atoms with Gasteiger partial charge in [0.1, 0.15) is 11.4 Å². The van der Waals surface area contributed by atoms with E-state index in [9.17, 15) is 9.59 Å². The molecule has 6 aromatic rings. The number of rotatable bonds is 7. The van der Waals surface area contributed by atoms with Crippen LogP contribution >= 0.6 is 11.6 Å². The number of nitrogens with one attached hydrogen (secondary N) is 3. The van der Waals surface area contributed by atoms with Crippen molar-refractivity contribution < 1.29 is 99.5 Å². The van der Waals surface area contributed by atoms with Crippen LogP contribution in [0.25, 0.3) is 21.5 Å². The van der Waals surface area contributed by atoms with E-state index in [0.29, 0.717) is 13.2 Å². The molecule has 2 unspecified atom stereocenters. The maximum Gasteiger partial charge on any atom is 1.00 e. The van der Waals surface area contributed by atoms with Gasteiger partial charge in [-0.1, -0.05) is 72.8 Å². The standard InChI is InChI=1S/C21H21N3O2.C17H13ClN2O.C4H9NO.CH4O.HI.K/c25-21(23-19-7-6-18-15-22-9-8-17(18)14-19)20(16-4-2-1-3-5-16)24-10-12-26-13-11-24;18-16(12-4-2-1-3-5-12)17(21)20-15-7-6-14-11-19-9-8-13(14)10-15;1-3-6-4-2-5-1;1-2;;/h1-9,14-15,20H,10-13H2,(H,23,25);1-11,16H,(H,20,21);5H,1-4H2;2H,1H3;1H;/q;;;;;+1/p-1. The number of pyridine rings is 2. The number of nitrogens with zero attached hydrogens (tertiary/aromatic N) is 3. The van der Waals surface area contributed by atoms with Crippen LogP contribution in [0.15, 0.2) is 134 Å². The Kier molecular flexibility index (Phi) is 22.9. The Hall–Kier alpha value is -2.90. The van der Waals surface area contributed by atoms with E-state index < -0.39 is 5.38 Å². The summed E-state index contributed by atoms with van der Waals surface area (Å²) in [6.07, 6.45) is 7.09. The molecule has 14 heteroatoms. The molecule has 2 aromatic heterocycles. The van der Waals surface area contributed by atoms with Gasteiger partial charge < -0.3 is 54.5 Å². The quantitative estimate of drug-likeness (QED) is 0.103. The zero-order valence-corrected chi connectivity index (χ0v) is 38.2. The Morgan fingerprint density at radius 1 is 0.667 bits per heavy atom. The summed E-state index contributed by atoms with van der Waals surface area (Å²) in [4.78, 5) is 35.7. The van der Waals surface area contributed by atoms with Crippen molar-refractivity contribution in [2.45, 2.75) is 11.4 Å². The van der Waals surface area contributed by atoms with Crippen LogP contribution in [0.1, 0.15) is 22.5 Å². The second kappa shape index (κ2) is 27.0. The van der Waals surface area contributed by atoms with E-state index in [-0.39, 0.29) is 93.2 Å². The van der Waals surface area contributed by atoms with Gasteiger partial charge in [-0.05, 0) is 58.3 Å². The first-order valence-corrected chi connectivity index (χ1v) is 18.6. The Balaban J connectivity index is 0.000000252. The summed E-state index contributed by atoms with van der Waals surface area (Å²) in [5.74, 6) is -0.261. The van der Waals surface area contributed by atoms with Crippen LogP contribution in [0.4, 0.5) is 11.4 Å². The van der Waals surface area contributed by atoms with Crippen molar-refractivity contribution in [1.29, 1.82) is 0 Å². The average molecular weight is 929 g/mol. The molecule has 57 heavy (non-hydrogen) atoms. The number of hydrogen-bond donors (Lipinski definition) is 4. The molecular formula is C43H47ClIKN6O5. The SMILES string of the molecule is C1COCCN1.CO.O=C(Nc1ccc2cnccc2c1)C(Cl)c1ccccc1.O=C(Nc1ccc2cnccc2c1)C(c1ccccc1)N1CCOCC1.[I-].[K+]. The molecule has 2 atom stereocenters. The molecule has 4 aromatic carbocycles. The number of carbonyl (C=O) groups excluding carboxylic acids is 2. The van der Waals surface area contributed by atoms with Gasteiger partial charge >= 0.3 is 51.4 Å². The number of anilines is 2. The van der Waals surface area contributed by atoms with Crippen molar-refractivity contribution in [3.63, 3.8) is 0 Å². The van der Waals surface area contributed by atoms with Gasteiger partial charge in [-0.25, -0.2) is 0 Å². The molecule has 2 aliphatic heterocycles. The number of aliphatic hydroxyl groups is 1. The fourth-order valence-corrected chi connectivity index (χ4v) is 6.23. The smallest absolute Gasteiger partial charge is 1.00 e. The minimum atomic E-state index is -0.709. The maximum absolute atomic E-state index is 13.1. The zero-order chi connectivity index (χ0) is 38.7. The number of fused-ring (bicyclic) bond motifs is 2. The Labute approximate surface area is 398 Å². The number of benzene rings is 4. The molecule has 2 aliphatic rings. The van der Waals surface area contributed by atoms with Crippen LogP contribution in [0, 0.1) is 0 Å². The van der Waals surface area contributed by atoms with Crippen molar-refractivity contribution in [2.24, 2.45) is 0 Å². The van der Waals surface area contributed by atoms with Gasteiger partial charge in [0.15, 0.2) is 0 Å². The second-order valence-electron chi connectivity index (χ2n) is 12.5. The summed E-state index contributed by atoms with van der Waals surface area (Å²) in [6, 6.07) is 34.3. The molecule has 11 nitrogen and oxygen atoms in total. The molecule has 0 bridgehead atoms. The van der Waals surface area contributed by atoms with Gasteiger partial charge in [-0.2, -0.15) is 0 Å². The van der Waals surface area contributed by atoms with Crippen LogP contribution in [0.2, 0.25) is 0 Å². The van der Waals surface area contributed by atoms with Gasteiger partial charge in [0.2, 0.25) is 11.8 Å². The average Bonchev–Trinajstić information content (AvgIpc) is 3.26. The molecule has 2 fully saturated rings. The fourth-order valence-electron chi connectivity index (χ4n) is 6.03. The van der Waals surface area contributed by atoms with Gasteiger partial charge in [0, 0.05) is 80.2 Å². The molecular weight excluding hydrogens is 882 g/mol. The summed E-state index contributed by atoms with van der Waals surface area (Å²) in [5.41, 5.74) is 3.29. The number of morpholine rings is 2. The third-order valence-electron chi connectivity index (χ3n) is 8.76.